The number of rotatable bonds is 4. The highest BCUT2D eigenvalue weighted by atomic mass is 16.5. The monoisotopic (exact) mass is 369 g/mol. The van der Waals surface area contributed by atoms with Gasteiger partial charge in [0.2, 0.25) is 11.7 Å². The smallest absolute Gasteiger partial charge is 0.345 e. The summed E-state index contributed by atoms with van der Waals surface area (Å²) in [5.74, 6) is -2.05. The molecule has 9 nitrogen and oxygen atoms in total. The van der Waals surface area contributed by atoms with Gasteiger partial charge in [-0.1, -0.05) is 0 Å². The van der Waals surface area contributed by atoms with Crippen LogP contribution in [-0.4, -0.2) is 70.0 Å². The van der Waals surface area contributed by atoms with Crippen molar-refractivity contribution < 1.29 is 19.4 Å². The zero-order valence-electron chi connectivity index (χ0n) is 14.7. The van der Waals surface area contributed by atoms with Crippen LogP contribution in [0.5, 0.6) is 0 Å². The van der Waals surface area contributed by atoms with Crippen LogP contribution in [0.4, 0.5) is 0 Å². The van der Waals surface area contributed by atoms with E-state index in [1.807, 2.05) is 18.1 Å². The molecule has 3 N–H and O–H groups in total. The van der Waals surface area contributed by atoms with Gasteiger partial charge in [0, 0.05) is 49.5 Å². The molecule has 0 bridgehead atoms. The molecule has 0 spiro atoms. The van der Waals surface area contributed by atoms with E-state index < -0.39 is 17.3 Å². The SMILES string of the molecule is CN1CCN(NC2=C(C(=O)O)C(=O)/C(=C/c3c[nH]c4ncccc34)O2)CC1. The van der Waals surface area contributed by atoms with Crippen LogP contribution in [0.3, 0.4) is 0 Å². The molecule has 4 rings (SSSR count). The number of carboxylic acids is 1. The number of ketones is 1. The maximum atomic E-state index is 12.6. The number of fused-ring (bicyclic) bond motifs is 1. The number of carboxylic acid groups (broad SMARTS) is 1. The second-order valence-electron chi connectivity index (χ2n) is 6.49. The predicted octanol–water partition coefficient (Wildman–Crippen LogP) is 0.551. The average Bonchev–Trinajstić information content (AvgIpc) is 3.19. The zero-order valence-corrected chi connectivity index (χ0v) is 14.7. The van der Waals surface area contributed by atoms with E-state index >= 15 is 0 Å². The van der Waals surface area contributed by atoms with Gasteiger partial charge in [0.05, 0.1) is 0 Å². The standard InChI is InChI=1S/C18H19N5O4/c1-22-5-7-23(8-6-22)21-17-14(18(25)26)15(24)13(27-17)9-11-10-20-16-12(11)3-2-4-19-16/h2-4,9-10,21H,5-8H2,1H3,(H,19,20)(H,25,26)/b13-9-. The molecule has 140 valence electrons. The Kier molecular flexibility index (Phi) is 4.38. The summed E-state index contributed by atoms with van der Waals surface area (Å²) >= 11 is 0. The van der Waals surface area contributed by atoms with Crippen molar-refractivity contribution in [2.24, 2.45) is 0 Å². The molecule has 0 aromatic carbocycles. The van der Waals surface area contributed by atoms with Crippen LogP contribution in [0.15, 0.2) is 41.7 Å². The Hall–Kier alpha value is -3.17. The number of allylic oxidation sites excluding steroid dienone is 1. The predicted molar refractivity (Wildman–Crippen MR) is 97.0 cm³/mol. The summed E-state index contributed by atoms with van der Waals surface area (Å²) in [5.41, 5.74) is 3.94. The number of aromatic nitrogens is 2. The van der Waals surface area contributed by atoms with Crippen molar-refractivity contribution in [2.75, 3.05) is 33.2 Å². The molecule has 27 heavy (non-hydrogen) atoms. The van der Waals surface area contributed by atoms with Gasteiger partial charge in [0.1, 0.15) is 5.65 Å². The molecule has 9 heteroatoms. The number of likely N-dealkylation sites (N-methyl/N-ethyl adjacent to an activating group) is 1. The minimum absolute atomic E-state index is 0.0335. The summed E-state index contributed by atoms with van der Waals surface area (Å²) in [6.45, 7) is 3.05. The van der Waals surface area contributed by atoms with E-state index in [1.54, 1.807) is 18.5 Å². The van der Waals surface area contributed by atoms with Crippen LogP contribution in [-0.2, 0) is 14.3 Å². The highest BCUT2D eigenvalue weighted by Gasteiger charge is 2.37. The fourth-order valence-corrected chi connectivity index (χ4v) is 3.10. The number of aliphatic carboxylic acids is 1. The quantitative estimate of drug-likeness (QED) is 0.529. The first-order chi connectivity index (χ1) is 13.0. The lowest BCUT2D eigenvalue weighted by Crippen LogP contribution is -2.50. The number of nitrogens with zero attached hydrogens (tertiary/aromatic N) is 3. The second kappa shape index (κ2) is 6.86. The third-order valence-electron chi connectivity index (χ3n) is 4.64. The van der Waals surface area contributed by atoms with E-state index in [-0.39, 0.29) is 11.6 Å². The van der Waals surface area contributed by atoms with Gasteiger partial charge in [-0.2, -0.15) is 0 Å². The molecule has 1 fully saturated rings. The number of hydrazine groups is 1. The van der Waals surface area contributed by atoms with Crippen LogP contribution < -0.4 is 5.43 Å². The highest BCUT2D eigenvalue weighted by Crippen LogP contribution is 2.27. The maximum Gasteiger partial charge on any atom is 0.345 e. The van der Waals surface area contributed by atoms with Gasteiger partial charge in [-0.15, -0.1) is 0 Å². The number of aromatic amines is 1. The van der Waals surface area contributed by atoms with E-state index in [0.717, 1.165) is 18.5 Å². The molecule has 2 aliphatic heterocycles. The van der Waals surface area contributed by atoms with E-state index in [4.69, 9.17) is 4.74 Å². The lowest BCUT2D eigenvalue weighted by molar-refractivity contribution is -0.134. The third-order valence-corrected chi connectivity index (χ3v) is 4.64. The van der Waals surface area contributed by atoms with Crippen molar-refractivity contribution in [2.45, 2.75) is 0 Å². The number of pyridine rings is 1. The van der Waals surface area contributed by atoms with Gasteiger partial charge >= 0.3 is 5.97 Å². The second-order valence-corrected chi connectivity index (χ2v) is 6.49. The molecule has 1 saturated heterocycles. The maximum absolute atomic E-state index is 12.6. The van der Waals surface area contributed by atoms with E-state index in [0.29, 0.717) is 24.3 Å². The summed E-state index contributed by atoms with van der Waals surface area (Å²) in [6.07, 6.45) is 4.90. The van der Waals surface area contributed by atoms with Crippen molar-refractivity contribution in [1.29, 1.82) is 0 Å². The summed E-state index contributed by atoms with van der Waals surface area (Å²) in [5, 5.41) is 12.1. The topological polar surface area (TPSA) is 111 Å². The number of H-pyrrole nitrogens is 1. The number of carbonyl (C=O) groups excluding carboxylic acids is 1. The van der Waals surface area contributed by atoms with Gasteiger partial charge in [-0.05, 0) is 25.3 Å². The number of Topliss-reactive ketones (excluding diaryl/α,β-unsaturated/α-hetero) is 1. The number of hydrogen-bond acceptors (Lipinski definition) is 7. The number of carbonyl (C=O) groups is 2. The Morgan fingerprint density at radius 1 is 1.37 bits per heavy atom. The van der Waals surface area contributed by atoms with E-state index in [9.17, 15) is 14.7 Å². The Balaban J connectivity index is 1.60. The Labute approximate surface area is 154 Å². The molecule has 0 atom stereocenters. The fourth-order valence-electron chi connectivity index (χ4n) is 3.10. The normalized spacial score (nSPS) is 20.5. The summed E-state index contributed by atoms with van der Waals surface area (Å²) in [6, 6.07) is 3.65. The molecule has 0 amide bonds. The van der Waals surface area contributed by atoms with Crippen molar-refractivity contribution in [3.63, 3.8) is 0 Å². The zero-order chi connectivity index (χ0) is 19.0. The molecule has 2 aromatic rings. The first-order valence-corrected chi connectivity index (χ1v) is 8.57. The van der Waals surface area contributed by atoms with Crippen LogP contribution >= 0.6 is 0 Å². The molecule has 4 heterocycles. The molecular formula is C18H19N5O4. The lowest BCUT2D eigenvalue weighted by atomic mass is 10.1. The van der Waals surface area contributed by atoms with Crippen molar-refractivity contribution in [3.8, 4) is 0 Å². The first kappa shape index (κ1) is 17.3. The van der Waals surface area contributed by atoms with Gasteiger partial charge in [0.25, 0.3) is 0 Å². The molecule has 2 aromatic heterocycles. The van der Waals surface area contributed by atoms with E-state index in [2.05, 4.69) is 20.3 Å². The Morgan fingerprint density at radius 3 is 2.89 bits per heavy atom. The van der Waals surface area contributed by atoms with E-state index in [1.165, 1.54) is 6.08 Å². The van der Waals surface area contributed by atoms with Crippen LogP contribution in [0, 0.1) is 0 Å². The molecule has 0 saturated carbocycles. The van der Waals surface area contributed by atoms with Gasteiger partial charge in [-0.25, -0.2) is 14.8 Å². The largest absolute Gasteiger partial charge is 0.477 e. The lowest BCUT2D eigenvalue weighted by Gasteiger charge is -2.32. The average molecular weight is 369 g/mol. The van der Waals surface area contributed by atoms with Crippen LogP contribution in [0.25, 0.3) is 17.1 Å². The highest BCUT2D eigenvalue weighted by molar-refractivity contribution is 6.26. The number of hydrogen-bond donors (Lipinski definition) is 3. The fraction of sp³-hybridized carbons (Fsp3) is 0.278. The molecule has 0 aliphatic carbocycles. The molecule has 0 unspecified atom stereocenters. The van der Waals surface area contributed by atoms with Crippen molar-refractivity contribution in [3.05, 3.63) is 47.3 Å². The van der Waals surface area contributed by atoms with Gasteiger partial charge in [0.15, 0.2) is 11.3 Å². The minimum atomic E-state index is -1.32. The third kappa shape index (κ3) is 3.29. The number of ether oxygens (including phenoxy) is 1. The van der Waals surface area contributed by atoms with Crippen LogP contribution in [0.2, 0.25) is 0 Å². The summed E-state index contributed by atoms with van der Waals surface area (Å²) in [7, 11) is 2.02. The van der Waals surface area contributed by atoms with Crippen molar-refractivity contribution in [1.82, 2.24) is 25.3 Å². The first-order valence-electron chi connectivity index (χ1n) is 8.57. The Bertz CT molecular complexity index is 969. The molecular weight excluding hydrogens is 350 g/mol. The number of piperazine rings is 1. The summed E-state index contributed by atoms with van der Waals surface area (Å²) < 4.78 is 5.61. The summed E-state index contributed by atoms with van der Waals surface area (Å²) in [4.78, 5) is 33.6. The van der Waals surface area contributed by atoms with Crippen molar-refractivity contribution >= 4 is 28.9 Å². The Morgan fingerprint density at radius 2 is 2.15 bits per heavy atom. The van der Waals surface area contributed by atoms with Gasteiger partial charge < -0.3 is 19.7 Å². The van der Waals surface area contributed by atoms with Gasteiger partial charge in [-0.3, -0.25) is 10.2 Å². The van der Waals surface area contributed by atoms with Crippen LogP contribution in [0.1, 0.15) is 5.56 Å². The molecule has 0 radical (unpaired) electrons. The minimum Gasteiger partial charge on any atom is -0.477 e. The number of nitrogens with one attached hydrogen (secondary N) is 2. The molecule has 2 aliphatic rings.